The molecule has 3 rings (SSSR count). The van der Waals surface area contributed by atoms with Gasteiger partial charge in [0.05, 0.1) is 20.5 Å². The van der Waals surface area contributed by atoms with E-state index in [1.807, 2.05) is 0 Å². The van der Waals surface area contributed by atoms with Gasteiger partial charge in [-0.3, -0.25) is 10.1 Å². The Hall–Kier alpha value is -2.51. The van der Waals surface area contributed by atoms with Crippen molar-refractivity contribution in [2.75, 3.05) is 0 Å². The summed E-state index contributed by atoms with van der Waals surface area (Å²) in [6, 6.07) is 8.29. The molecule has 0 unspecified atom stereocenters. The largest absolute Gasteiger partial charge is 0.270 e. The predicted octanol–water partition coefficient (Wildman–Crippen LogP) is 4.50. The normalized spacial score (nSPS) is 10.8. The zero-order valence-corrected chi connectivity index (χ0v) is 13.7. The van der Waals surface area contributed by atoms with Crippen LogP contribution < -0.4 is 0 Å². The van der Waals surface area contributed by atoms with Gasteiger partial charge in [0.15, 0.2) is 11.6 Å². The van der Waals surface area contributed by atoms with Gasteiger partial charge in [-0.25, -0.2) is 14.1 Å². The molecule has 0 aliphatic heterocycles. The number of aromatic nitrogens is 3. The van der Waals surface area contributed by atoms with Crippen LogP contribution in [0.1, 0.15) is 0 Å². The van der Waals surface area contributed by atoms with Crippen LogP contribution in [0.5, 0.6) is 0 Å². The number of aryl methyl sites for hydroxylation is 1. The Balaban J connectivity index is 2.12. The summed E-state index contributed by atoms with van der Waals surface area (Å²) in [6.07, 6.45) is 0. The molecule has 0 saturated heterocycles. The van der Waals surface area contributed by atoms with Crippen LogP contribution in [0.2, 0.25) is 10.0 Å². The fourth-order valence-electron chi connectivity index (χ4n) is 2.24. The standard InChI is InChI=1S/C15H9Cl2FN4O2/c1-21-15(9-6-5-8(22(23)24)7-11(9)17)19-14(20-21)13-10(16)3-2-4-12(13)18/h2-7H,1H3. The monoisotopic (exact) mass is 366 g/mol. The maximum absolute atomic E-state index is 14.0. The minimum absolute atomic E-state index is 0.0825. The first-order valence-electron chi connectivity index (χ1n) is 6.68. The molecule has 24 heavy (non-hydrogen) atoms. The highest BCUT2D eigenvalue weighted by Crippen LogP contribution is 2.33. The molecule has 0 saturated carbocycles. The Morgan fingerprint density at radius 2 is 1.96 bits per heavy atom. The van der Waals surface area contributed by atoms with Crippen molar-refractivity contribution in [3.8, 4) is 22.8 Å². The Morgan fingerprint density at radius 1 is 1.21 bits per heavy atom. The molecule has 1 aromatic heterocycles. The molecular weight excluding hydrogens is 358 g/mol. The molecule has 0 aliphatic rings. The lowest BCUT2D eigenvalue weighted by Crippen LogP contribution is -1.96. The van der Waals surface area contributed by atoms with Gasteiger partial charge < -0.3 is 0 Å². The van der Waals surface area contributed by atoms with Crippen molar-refractivity contribution in [1.82, 2.24) is 14.8 Å². The van der Waals surface area contributed by atoms with Gasteiger partial charge in [0.25, 0.3) is 5.69 Å². The number of nitro benzene ring substituents is 1. The van der Waals surface area contributed by atoms with E-state index in [1.165, 1.54) is 41.1 Å². The van der Waals surface area contributed by atoms with Gasteiger partial charge in [0.2, 0.25) is 0 Å². The second kappa shape index (κ2) is 6.18. The van der Waals surface area contributed by atoms with Crippen molar-refractivity contribution in [1.29, 1.82) is 0 Å². The van der Waals surface area contributed by atoms with Crippen LogP contribution in [0, 0.1) is 15.9 Å². The number of halogens is 3. The summed E-state index contributed by atoms with van der Waals surface area (Å²) in [5.41, 5.74) is 0.387. The van der Waals surface area contributed by atoms with Crippen molar-refractivity contribution in [3.63, 3.8) is 0 Å². The molecule has 0 aliphatic carbocycles. The van der Waals surface area contributed by atoms with E-state index in [0.29, 0.717) is 11.4 Å². The highest BCUT2D eigenvalue weighted by molar-refractivity contribution is 6.33. The second-order valence-electron chi connectivity index (χ2n) is 4.90. The fourth-order valence-corrected chi connectivity index (χ4v) is 2.74. The van der Waals surface area contributed by atoms with Gasteiger partial charge in [0.1, 0.15) is 5.82 Å². The summed E-state index contributed by atoms with van der Waals surface area (Å²) >= 11 is 12.1. The summed E-state index contributed by atoms with van der Waals surface area (Å²) in [7, 11) is 1.61. The summed E-state index contributed by atoms with van der Waals surface area (Å²) in [5, 5.41) is 15.3. The predicted molar refractivity (Wildman–Crippen MR) is 88.5 cm³/mol. The zero-order chi connectivity index (χ0) is 17.4. The van der Waals surface area contributed by atoms with Crippen LogP contribution in [0.4, 0.5) is 10.1 Å². The number of nitro groups is 1. The van der Waals surface area contributed by atoms with E-state index in [9.17, 15) is 14.5 Å². The van der Waals surface area contributed by atoms with Crippen molar-refractivity contribution in [2.45, 2.75) is 0 Å². The second-order valence-corrected chi connectivity index (χ2v) is 5.71. The van der Waals surface area contributed by atoms with Gasteiger partial charge in [-0.05, 0) is 18.2 Å². The number of hydrogen-bond acceptors (Lipinski definition) is 4. The first-order valence-corrected chi connectivity index (χ1v) is 7.44. The van der Waals surface area contributed by atoms with Crippen molar-refractivity contribution in [3.05, 3.63) is 62.4 Å². The van der Waals surface area contributed by atoms with E-state index < -0.39 is 10.7 Å². The highest BCUT2D eigenvalue weighted by Gasteiger charge is 2.19. The van der Waals surface area contributed by atoms with E-state index in [0.717, 1.165) is 0 Å². The van der Waals surface area contributed by atoms with E-state index in [-0.39, 0.29) is 27.1 Å². The molecule has 0 N–H and O–H groups in total. The number of hydrogen-bond donors (Lipinski definition) is 0. The quantitative estimate of drug-likeness (QED) is 0.505. The Labute approximate surface area is 145 Å². The average Bonchev–Trinajstić information content (AvgIpc) is 2.88. The molecule has 3 aromatic rings. The molecule has 6 nitrogen and oxygen atoms in total. The first-order chi connectivity index (χ1) is 11.4. The van der Waals surface area contributed by atoms with E-state index in [4.69, 9.17) is 23.2 Å². The summed E-state index contributed by atoms with van der Waals surface area (Å²) in [4.78, 5) is 14.5. The first kappa shape index (κ1) is 16.4. The maximum Gasteiger partial charge on any atom is 0.270 e. The van der Waals surface area contributed by atoms with Gasteiger partial charge in [-0.15, -0.1) is 0 Å². The smallest absolute Gasteiger partial charge is 0.258 e. The van der Waals surface area contributed by atoms with Crippen LogP contribution in [0.15, 0.2) is 36.4 Å². The third-order valence-electron chi connectivity index (χ3n) is 3.35. The van der Waals surface area contributed by atoms with E-state index >= 15 is 0 Å². The molecule has 0 radical (unpaired) electrons. The Bertz CT molecular complexity index is 938. The minimum Gasteiger partial charge on any atom is -0.258 e. The molecule has 0 fully saturated rings. The number of nitrogens with zero attached hydrogens (tertiary/aromatic N) is 4. The Kier molecular flexibility index (Phi) is 4.21. The third kappa shape index (κ3) is 2.83. The molecule has 0 amide bonds. The van der Waals surface area contributed by atoms with Crippen LogP contribution in [-0.2, 0) is 7.05 Å². The summed E-state index contributed by atoms with van der Waals surface area (Å²) in [5.74, 6) is -0.108. The molecule has 122 valence electrons. The van der Waals surface area contributed by atoms with Crippen molar-refractivity contribution < 1.29 is 9.31 Å². The molecular formula is C15H9Cl2FN4O2. The van der Waals surface area contributed by atoms with Crippen LogP contribution >= 0.6 is 23.2 Å². The molecule has 0 spiro atoms. The lowest BCUT2D eigenvalue weighted by molar-refractivity contribution is -0.384. The van der Waals surface area contributed by atoms with Crippen molar-refractivity contribution in [2.24, 2.45) is 7.05 Å². The van der Waals surface area contributed by atoms with E-state index in [1.54, 1.807) is 7.05 Å². The summed E-state index contributed by atoms with van der Waals surface area (Å²) in [6.45, 7) is 0. The fraction of sp³-hybridized carbons (Fsp3) is 0.0667. The topological polar surface area (TPSA) is 73.8 Å². The molecule has 2 aromatic carbocycles. The van der Waals surface area contributed by atoms with E-state index in [2.05, 4.69) is 10.1 Å². The lowest BCUT2D eigenvalue weighted by atomic mass is 10.2. The summed E-state index contributed by atoms with van der Waals surface area (Å²) < 4.78 is 15.4. The van der Waals surface area contributed by atoms with Gasteiger partial charge in [-0.2, -0.15) is 5.10 Å². The number of non-ortho nitro benzene ring substituents is 1. The van der Waals surface area contributed by atoms with Crippen LogP contribution in [0.25, 0.3) is 22.8 Å². The lowest BCUT2D eigenvalue weighted by Gasteiger charge is -2.02. The SMILES string of the molecule is Cn1nc(-c2c(F)cccc2Cl)nc1-c1ccc([N+](=O)[O-])cc1Cl. The Morgan fingerprint density at radius 3 is 2.58 bits per heavy atom. The van der Waals surface area contributed by atoms with Crippen LogP contribution in [-0.4, -0.2) is 19.7 Å². The van der Waals surface area contributed by atoms with Crippen LogP contribution in [0.3, 0.4) is 0 Å². The number of rotatable bonds is 3. The van der Waals surface area contributed by atoms with Gasteiger partial charge in [-0.1, -0.05) is 29.3 Å². The maximum atomic E-state index is 14.0. The molecule has 1 heterocycles. The van der Waals surface area contributed by atoms with Gasteiger partial charge >= 0.3 is 0 Å². The zero-order valence-electron chi connectivity index (χ0n) is 12.2. The average molecular weight is 367 g/mol. The molecule has 0 atom stereocenters. The van der Waals surface area contributed by atoms with Gasteiger partial charge in [0, 0.05) is 24.7 Å². The molecule has 0 bridgehead atoms. The highest BCUT2D eigenvalue weighted by atomic mass is 35.5. The third-order valence-corrected chi connectivity index (χ3v) is 3.98. The number of benzene rings is 2. The van der Waals surface area contributed by atoms with Crippen molar-refractivity contribution >= 4 is 28.9 Å². The molecule has 9 heteroatoms. The minimum atomic E-state index is -0.547.